The fraction of sp³-hybridized carbons (Fsp3) is 0.571. The highest BCUT2D eigenvalue weighted by Gasteiger charge is 2.34. The van der Waals surface area contributed by atoms with Crippen molar-refractivity contribution in [3.63, 3.8) is 0 Å². The van der Waals surface area contributed by atoms with Gasteiger partial charge in [-0.2, -0.15) is 13.2 Å². The second-order valence-corrected chi connectivity index (χ2v) is 4.87. The van der Waals surface area contributed by atoms with Crippen LogP contribution in [0, 0.1) is 0 Å². The van der Waals surface area contributed by atoms with E-state index in [4.69, 9.17) is 10.5 Å². The Bertz CT molecular complexity index is 416. The lowest BCUT2D eigenvalue weighted by molar-refractivity contribution is -0.139. The molecule has 1 atom stereocenters. The van der Waals surface area contributed by atoms with E-state index < -0.39 is 11.7 Å². The maximum Gasteiger partial charge on any atom is 0.419 e. The highest BCUT2D eigenvalue weighted by Crippen LogP contribution is 2.37. The molecule has 0 radical (unpaired) electrons. The third kappa shape index (κ3) is 4.74. The summed E-state index contributed by atoms with van der Waals surface area (Å²) in [5.41, 5.74) is 5.62. The normalized spacial score (nSPS) is 13.7. The fourth-order valence-corrected chi connectivity index (χ4v) is 1.73. The van der Waals surface area contributed by atoms with Gasteiger partial charge in [0.2, 0.25) is 0 Å². The lowest BCUT2D eigenvalue weighted by atomic mass is 10.0. The first-order valence-electron chi connectivity index (χ1n) is 6.36. The average Bonchev–Trinajstić information content (AvgIpc) is 2.28. The van der Waals surface area contributed by atoms with Crippen molar-refractivity contribution in [2.24, 2.45) is 5.73 Å². The number of benzene rings is 1. The second kappa shape index (κ2) is 6.28. The Morgan fingerprint density at radius 1 is 1.26 bits per heavy atom. The molecule has 0 aromatic heterocycles. The highest BCUT2D eigenvalue weighted by molar-refractivity contribution is 5.39. The van der Waals surface area contributed by atoms with Gasteiger partial charge in [0.05, 0.1) is 11.7 Å². The molecular weight excluding hydrogens is 255 g/mol. The summed E-state index contributed by atoms with van der Waals surface area (Å²) in [4.78, 5) is 0. The van der Waals surface area contributed by atoms with Crippen LogP contribution in [-0.2, 0) is 12.6 Å². The third-order valence-corrected chi connectivity index (χ3v) is 2.73. The zero-order valence-corrected chi connectivity index (χ0v) is 11.4. The number of alkyl halides is 3. The Hall–Kier alpha value is -1.23. The second-order valence-electron chi connectivity index (χ2n) is 4.87. The van der Waals surface area contributed by atoms with Crippen LogP contribution in [0.2, 0.25) is 0 Å². The van der Waals surface area contributed by atoms with Gasteiger partial charge in [-0.05, 0) is 44.4 Å². The van der Waals surface area contributed by atoms with Gasteiger partial charge in [0.25, 0.3) is 0 Å². The van der Waals surface area contributed by atoms with E-state index in [2.05, 4.69) is 0 Å². The van der Waals surface area contributed by atoms with Gasteiger partial charge in [-0.15, -0.1) is 0 Å². The number of halogens is 3. The molecule has 0 aliphatic carbocycles. The van der Waals surface area contributed by atoms with Gasteiger partial charge in [0.15, 0.2) is 0 Å². The van der Waals surface area contributed by atoms with Crippen molar-refractivity contribution >= 4 is 0 Å². The van der Waals surface area contributed by atoms with E-state index in [1.807, 2.05) is 6.92 Å². The third-order valence-electron chi connectivity index (χ3n) is 2.73. The molecule has 1 rings (SSSR count). The van der Waals surface area contributed by atoms with E-state index in [9.17, 15) is 13.2 Å². The van der Waals surface area contributed by atoms with E-state index in [-0.39, 0.29) is 17.9 Å². The van der Waals surface area contributed by atoms with Crippen LogP contribution in [0.25, 0.3) is 0 Å². The molecule has 19 heavy (non-hydrogen) atoms. The number of ether oxygens (including phenoxy) is 1. The fourth-order valence-electron chi connectivity index (χ4n) is 1.73. The first-order chi connectivity index (χ1) is 8.74. The van der Waals surface area contributed by atoms with Crippen LogP contribution >= 0.6 is 0 Å². The SMILES string of the molecule is CCC(N)Cc1ccc(OC(C)C)c(C(F)(F)F)c1. The van der Waals surface area contributed by atoms with Gasteiger partial charge in [-0.3, -0.25) is 0 Å². The smallest absolute Gasteiger partial charge is 0.419 e. The Labute approximate surface area is 111 Å². The lowest BCUT2D eigenvalue weighted by Crippen LogP contribution is -2.22. The van der Waals surface area contributed by atoms with Gasteiger partial charge in [-0.1, -0.05) is 13.0 Å². The molecule has 2 nitrogen and oxygen atoms in total. The predicted octanol–water partition coefficient (Wildman–Crippen LogP) is 3.77. The minimum atomic E-state index is -4.42. The summed E-state index contributed by atoms with van der Waals surface area (Å²) < 4.78 is 44.2. The zero-order chi connectivity index (χ0) is 14.6. The van der Waals surface area contributed by atoms with E-state index in [1.165, 1.54) is 6.07 Å². The molecule has 1 aromatic rings. The van der Waals surface area contributed by atoms with Crippen molar-refractivity contribution in [2.75, 3.05) is 0 Å². The van der Waals surface area contributed by atoms with Gasteiger partial charge in [0.1, 0.15) is 5.75 Å². The van der Waals surface area contributed by atoms with Crippen molar-refractivity contribution in [3.05, 3.63) is 29.3 Å². The number of hydrogen-bond acceptors (Lipinski definition) is 2. The van der Waals surface area contributed by atoms with Crippen molar-refractivity contribution in [2.45, 2.75) is 51.9 Å². The first kappa shape index (κ1) is 15.8. The number of hydrogen-bond donors (Lipinski definition) is 1. The minimum Gasteiger partial charge on any atom is -0.490 e. The quantitative estimate of drug-likeness (QED) is 0.887. The van der Waals surface area contributed by atoms with Crippen LogP contribution in [0.1, 0.15) is 38.3 Å². The molecule has 0 spiro atoms. The Balaban J connectivity index is 3.08. The van der Waals surface area contributed by atoms with Crippen LogP contribution in [-0.4, -0.2) is 12.1 Å². The van der Waals surface area contributed by atoms with Crippen molar-refractivity contribution in [1.82, 2.24) is 0 Å². The molecule has 0 saturated heterocycles. The largest absolute Gasteiger partial charge is 0.490 e. The van der Waals surface area contributed by atoms with Crippen molar-refractivity contribution in [3.8, 4) is 5.75 Å². The molecule has 2 N–H and O–H groups in total. The summed E-state index contributed by atoms with van der Waals surface area (Å²) in [6.45, 7) is 5.30. The van der Waals surface area contributed by atoms with E-state index in [0.717, 1.165) is 12.5 Å². The monoisotopic (exact) mass is 275 g/mol. The average molecular weight is 275 g/mol. The summed E-state index contributed by atoms with van der Waals surface area (Å²) in [5.74, 6) is -0.128. The Morgan fingerprint density at radius 3 is 2.37 bits per heavy atom. The molecule has 0 aliphatic rings. The van der Waals surface area contributed by atoms with Gasteiger partial charge >= 0.3 is 6.18 Å². The van der Waals surface area contributed by atoms with Crippen LogP contribution in [0.3, 0.4) is 0 Å². The molecule has 0 bridgehead atoms. The summed E-state index contributed by atoms with van der Waals surface area (Å²) in [7, 11) is 0. The maximum absolute atomic E-state index is 13.0. The molecule has 0 heterocycles. The summed E-state index contributed by atoms with van der Waals surface area (Å²) in [6, 6.07) is 4.02. The minimum absolute atomic E-state index is 0.127. The summed E-state index contributed by atoms with van der Waals surface area (Å²) in [6.07, 6.45) is -3.56. The maximum atomic E-state index is 13.0. The van der Waals surface area contributed by atoms with E-state index >= 15 is 0 Å². The molecule has 108 valence electrons. The summed E-state index contributed by atoms with van der Waals surface area (Å²) >= 11 is 0. The summed E-state index contributed by atoms with van der Waals surface area (Å²) in [5, 5.41) is 0. The van der Waals surface area contributed by atoms with Crippen LogP contribution < -0.4 is 10.5 Å². The van der Waals surface area contributed by atoms with Gasteiger partial charge in [-0.25, -0.2) is 0 Å². The highest BCUT2D eigenvalue weighted by atomic mass is 19.4. The number of nitrogens with two attached hydrogens (primary N) is 1. The molecule has 0 fully saturated rings. The van der Waals surface area contributed by atoms with Crippen LogP contribution in [0.15, 0.2) is 18.2 Å². The molecule has 0 amide bonds. The molecule has 0 saturated carbocycles. The van der Waals surface area contributed by atoms with Crippen molar-refractivity contribution in [1.29, 1.82) is 0 Å². The molecular formula is C14H20F3NO. The van der Waals surface area contributed by atoms with Crippen LogP contribution in [0.4, 0.5) is 13.2 Å². The topological polar surface area (TPSA) is 35.2 Å². The molecule has 1 aromatic carbocycles. The van der Waals surface area contributed by atoms with E-state index in [0.29, 0.717) is 12.0 Å². The van der Waals surface area contributed by atoms with Crippen LogP contribution in [0.5, 0.6) is 5.75 Å². The van der Waals surface area contributed by atoms with Gasteiger partial charge < -0.3 is 10.5 Å². The van der Waals surface area contributed by atoms with E-state index in [1.54, 1.807) is 19.9 Å². The number of rotatable bonds is 5. The molecule has 5 heteroatoms. The Morgan fingerprint density at radius 2 is 1.89 bits per heavy atom. The predicted molar refractivity (Wildman–Crippen MR) is 69.2 cm³/mol. The van der Waals surface area contributed by atoms with Crippen molar-refractivity contribution < 1.29 is 17.9 Å². The Kier molecular flexibility index (Phi) is 5.23. The molecule has 1 unspecified atom stereocenters. The zero-order valence-electron chi connectivity index (χ0n) is 11.4. The lowest BCUT2D eigenvalue weighted by Gasteiger charge is -2.18. The first-order valence-corrected chi connectivity index (χ1v) is 6.36. The van der Waals surface area contributed by atoms with Gasteiger partial charge in [0, 0.05) is 6.04 Å². The standard InChI is InChI=1S/C14H20F3NO/c1-4-11(18)7-10-5-6-13(19-9(2)3)12(8-10)14(15,16)17/h5-6,8-9,11H,4,7,18H2,1-3H3. The molecule has 0 aliphatic heterocycles.